The third-order valence-corrected chi connectivity index (χ3v) is 4.92. The van der Waals surface area contributed by atoms with Crippen LogP contribution in [0.1, 0.15) is 5.82 Å². The average molecular weight is 404 g/mol. The topological polar surface area (TPSA) is 78.5 Å². The Morgan fingerprint density at radius 1 is 1.11 bits per heavy atom. The third kappa shape index (κ3) is 3.20. The van der Waals surface area contributed by atoms with Crippen LogP contribution in [0.25, 0.3) is 27.0 Å². The Morgan fingerprint density at radius 2 is 1.93 bits per heavy atom. The minimum atomic E-state index is -4.74. The molecule has 0 unspecified atom stereocenters. The molecule has 4 aromatic rings. The second-order valence-electron chi connectivity index (χ2n) is 5.73. The van der Waals surface area contributed by atoms with Gasteiger partial charge >= 0.3 is 11.9 Å². The van der Waals surface area contributed by atoms with Crippen LogP contribution in [-0.4, -0.2) is 29.3 Å². The van der Waals surface area contributed by atoms with Crippen molar-refractivity contribution in [1.29, 1.82) is 0 Å². The van der Waals surface area contributed by atoms with Crippen LogP contribution < -0.4 is 5.69 Å². The summed E-state index contributed by atoms with van der Waals surface area (Å²) in [7, 11) is 1.02. The summed E-state index contributed by atoms with van der Waals surface area (Å²) in [5, 5.41) is 4.12. The van der Waals surface area contributed by atoms with E-state index in [2.05, 4.69) is 20.1 Å². The van der Waals surface area contributed by atoms with Crippen molar-refractivity contribution in [2.24, 2.45) is 7.05 Å². The molecule has 0 N–H and O–H groups in total. The van der Waals surface area contributed by atoms with Crippen molar-refractivity contribution in [3.63, 3.8) is 0 Å². The maximum atomic E-state index is 13.0. The summed E-state index contributed by atoms with van der Waals surface area (Å²) in [6.07, 6.45) is 0.204. The molecule has 0 saturated heterocycles. The van der Waals surface area contributed by atoms with Gasteiger partial charge < -0.3 is 0 Å². The number of aromatic nitrogens is 6. The Labute approximate surface area is 159 Å². The highest BCUT2D eigenvalue weighted by atomic mass is 32.1. The molecule has 0 aliphatic carbocycles. The number of pyridine rings is 2. The van der Waals surface area contributed by atoms with E-state index in [1.54, 1.807) is 36.8 Å². The molecule has 28 heavy (non-hydrogen) atoms. The highest BCUT2D eigenvalue weighted by molar-refractivity contribution is 7.18. The predicted octanol–water partition coefficient (Wildman–Crippen LogP) is 3.17. The van der Waals surface area contributed by atoms with Gasteiger partial charge in [-0.05, 0) is 24.3 Å². The van der Waals surface area contributed by atoms with Crippen LogP contribution in [0, 0.1) is 0 Å². The standard InChI is InChI=1S/C17H11F3N6OS/c1-25-15(17(18,19)20)24-26(16(25)27)13-6-2-5-11(23-13)12-9-22-14(28-12)10-4-3-7-21-8-10/h2-9H,1H3. The zero-order valence-corrected chi connectivity index (χ0v) is 15.1. The molecular formula is C17H11F3N6OS. The van der Waals surface area contributed by atoms with Crippen molar-refractivity contribution < 1.29 is 13.2 Å². The van der Waals surface area contributed by atoms with E-state index in [4.69, 9.17) is 0 Å². The van der Waals surface area contributed by atoms with Crippen LogP contribution in [-0.2, 0) is 13.2 Å². The van der Waals surface area contributed by atoms with Crippen molar-refractivity contribution in [1.82, 2.24) is 29.3 Å². The van der Waals surface area contributed by atoms with E-state index in [-0.39, 0.29) is 5.82 Å². The fourth-order valence-corrected chi connectivity index (χ4v) is 3.40. The van der Waals surface area contributed by atoms with E-state index in [1.807, 2.05) is 6.07 Å². The Balaban J connectivity index is 1.74. The first-order chi connectivity index (χ1) is 13.3. The molecule has 4 rings (SSSR count). The number of alkyl halides is 3. The van der Waals surface area contributed by atoms with Crippen molar-refractivity contribution in [3.05, 3.63) is 65.2 Å². The second-order valence-corrected chi connectivity index (χ2v) is 6.76. The molecule has 0 aromatic carbocycles. The molecule has 0 bridgehead atoms. The lowest BCUT2D eigenvalue weighted by atomic mass is 10.3. The minimum absolute atomic E-state index is 0.00933. The number of hydrogen-bond acceptors (Lipinski definition) is 6. The third-order valence-electron chi connectivity index (χ3n) is 3.85. The molecule has 0 aliphatic rings. The van der Waals surface area contributed by atoms with E-state index in [0.717, 1.165) is 17.6 Å². The van der Waals surface area contributed by atoms with Crippen LogP contribution in [0.2, 0.25) is 0 Å². The van der Waals surface area contributed by atoms with E-state index in [0.29, 0.717) is 19.8 Å². The molecule has 0 spiro atoms. The van der Waals surface area contributed by atoms with Crippen molar-refractivity contribution in [2.45, 2.75) is 6.18 Å². The molecule has 0 atom stereocenters. The Kier molecular flexibility index (Phi) is 4.30. The lowest BCUT2D eigenvalue weighted by Crippen LogP contribution is -2.24. The van der Waals surface area contributed by atoms with E-state index in [1.165, 1.54) is 17.4 Å². The summed E-state index contributed by atoms with van der Waals surface area (Å²) in [5.74, 6) is -1.30. The SMILES string of the molecule is Cn1c(C(F)(F)F)nn(-c2cccc(-c3cnc(-c4cccnc4)s3)n2)c1=O. The first-order valence-electron chi connectivity index (χ1n) is 7.92. The van der Waals surface area contributed by atoms with Crippen LogP contribution >= 0.6 is 11.3 Å². The van der Waals surface area contributed by atoms with Gasteiger partial charge in [-0.1, -0.05) is 6.07 Å². The van der Waals surface area contributed by atoms with Crippen LogP contribution in [0.4, 0.5) is 13.2 Å². The molecule has 0 aliphatic heterocycles. The van der Waals surface area contributed by atoms with Gasteiger partial charge in [0.15, 0.2) is 5.82 Å². The van der Waals surface area contributed by atoms with Gasteiger partial charge in [-0.25, -0.2) is 14.8 Å². The Morgan fingerprint density at radius 3 is 2.61 bits per heavy atom. The van der Waals surface area contributed by atoms with Crippen molar-refractivity contribution in [3.8, 4) is 27.0 Å². The second kappa shape index (κ2) is 6.68. The molecule has 142 valence electrons. The first-order valence-corrected chi connectivity index (χ1v) is 8.73. The molecule has 4 heterocycles. The van der Waals surface area contributed by atoms with Gasteiger partial charge in [-0.15, -0.1) is 16.4 Å². The maximum Gasteiger partial charge on any atom is 0.451 e. The number of rotatable bonds is 3. The van der Waals surface area contributed by atoms with Crippen molar-refractivity contribution in [2.75, 3.05) is 0 Å². The quantitative estimate of drug-likeness (QED) is 0.524. The van der Waals surface area contributed by atoms with E-state index < -0.39 is 17.7 Å². The summed E-state index contributed by atoms with van der Waals surface area (Å²) < 4.78 is 40.1. The zero-order valence-electron chi connectivity index (χ0n) is 14.3. The highest BCUT2D eigenvalue weighted by Crippen LogP contribution is 2.31. The fourth-order valence-electron chi connectivity index (χ4n) is 2.53. The van der Waals surface area contributed by atoms with Gasteiger partial charge in [0.2, 0.25) is 5.82 Å². The van der Waals surface area contributed by atoms with Gasteiger partial charge in [-0.2, -0.15) is 17.9 Å². The fraction of sp³-hybridized carbons (Fsp3) is 0.118. The lowest BCUT2D eigenvalue weighted by molar-refractivity contribution is -0.147. The lowest BCUT2D eigenvalue weighted by Gasteiger charge is -2.03. The van der Waals surface area contributed by atoms with Crippen LogP contribution in [0.5, 0.6) is 0 Å². The number of halogens is 3. The minimum Gasteiger partial charge on any atom is -0.274 e. The number of nitrogens with zero attached hydrogens (tertiary/aromatic N) is 6. The summed E-state index contributed by atoms with van der Waals surface area (Å²) in [6.45, 7) is 0. The maximum absolute atomic E-state index is 13.0. The largest absolute Gasteiger partial charge is 0.451 e. The molecule has 0 fully saturated rings. The average Bonchev–Trinajstić information content (AvgIpc) is 3.28. The molecule has 7 nitrogen and oxygen atoms in total. The van der Waals surface area contributed by atoms with Gasteiger partial charge in [0.25, 0.3) is 0 Å². The molecule has 0 saturated carbocycles. The van der Waals surface area contributed by atoms with Crippen LogP contribution in [0.15, 0.2) is 53.7 Å². The van der Waals surface area contributed by atoms with E-state index >= 15 is 0 Å². The Hall–Kier alpha value is -3.34. The molecular weight excluding hydrogens is 393 g/mol. The predicted molar refractivity (Wildman–Crippen MR) is 95.9 cm³/mol. The monoisotopic (exact) mass is 404 g/mol. The summed E-state index contributed by atoms with van der Waals surface area (Å²) in [6, 6.07) is 8.35. The van der Waals surface area contributed by atoms with Gasteiger partial charge in [0.1, 0.15) is 5.01 Å². The van der Waals surface area contributed by atoms with E-state index in [9.17, 15) is 18.0 Å². The van der Waals surface area contributed by atoms with Gasteiger partial charge in [-0.3, -0.25) is 9.55 Å². The number of hydrogen-bond donors (Lipinski definition) is 0. The zero-order chi connectivity index (χ0) is 19.9. The Bertz CT molecular complexity index is 1200. The smallest absolute Gasteiger partial charge is 0.274 e. The van der Waals surface area contributed by atoms with Crippen LogP contribution in [0.3, 0.4) is 0 Å². The van der Waals surface area contributed by atoms with Gasteiger partial charge in [0, 0.05) is 31.2 Å². The first kappa shape index (κ1) is 18.0. The molecule has 0 radical (unpaired) electrons. The normalized spacial score (nSPS) is 11.7. The molecule has 0 amide bonds. The van der Waals surface area contributed by atoms with Crippen molar-refractivity contribution >= 4 is 11.3 Å². The van der Waals surface area contributed by atoms with Gasteiger partial charge in [0.05, 0.1) is 10.6 Å². The molecule has 4 aromatic heterocycles. The summed E-state index contributed by atoms with van der Waals surface area (Å²) >= 11 is 1.35. The number of thiazole rings is 1. The summed E-state index contributed by atoms with van der Waals surface area (Å²) in [4.78, 5) is 25.5. The summed E-state index contributed by atoms with van der Waals surface area (Å²) in [5.41, 5.74) is 0.374. The highest BCUT2D eigenvalue weighted by Gasteiger charge is 2.38. The molecule has 11 heteroatoms.